The number of hydrogen-bond acceptors (Lipinski definition) is 1. The van der Waals surface area contributed by atoms with Crippen molar-refractivity contribution in [2.75, 3.05) is 4.90 Å². The second-order valence-corrected chi connectivity index (χ2v) is 18.4. The first-order valence-corrected chi connectivity index (χ1v) is 22.8. The van der Waals surface area contributed by atoms with Gasteiger partial charge in [-0.05, 0) is 143 Å². The highest BCUT2D eigenvalue weighted by atomic mass is 15.1. The zero-order valence-corrected chi connectivity index (χ0v) is 36.5. The molecule has 0 radical (unpaired) electrons. The average Bonchev–Trinajstić information content (AvgIpc) is 3.93. The Labute approximate surface area is 381 Å². The van der Waals surface area contributed by atoms with Gasteiger partial charge in [0.15, 0.2) is 0 Å². The molecule has 0 aromatic heterocycles. The van der Waals surface area contributed by atoms with Crippen LogP contribution in [0.5, 0.6) is 0 Å². The first-order chi connectivity index (χ1) is 32.0. The summed E-state index contributed by atoms with van der Waals surface area (Å²) in [6, 6.07) is 88.2. The minimum Gasteiger partial charge on any atom is -0.310 e. The van der Waals surface area contributed by atoms with Gasteiger partial charge in [0.05, 0.1) is 5.41 Å². The normalized spacial score (nSPS) is 13.9. The van der Waals surface area contributed by atoms with Gasteiger partial charge in [-0.3, -0.25) is 0 Å². The van der Waals surface area contributed by atoms with Gasteiger partial charge in [0.2, 0.25) is 0 Å². The number of hydrogen-bond donors (Lipinski definition) is 0. The summed E-state index contributed by atoms with van der Waals surface area (Å²) in [5.74, 6) is 0. The molecule has 0 atom stereocenters. The fourth-order valence-corrected chi connectivity index (χ4v) is 11.8. The van der Waals surface area contributed by atoms with Crippen molar-refractivity contribution in [3.8, 4) is 66.8 Å². The van der Waals surface area contributed by atoms with E-state index in [2.05, 4.69) is 255 Å². The summed E-state index contributed by atoms with van der Waals surface area (Å²) in [6.45, 7) is 4.75. The van der Waals surface area contributed by atoms with Gasteiger partial charge in [-0.15, -0.1) is 0 Å². The van der Waals surface area contributed by atoms with E-state index in [0.29, 0.717) is 0 Å². The van der Waals surface area contributed by atoms with Crippen LogP contribution in [0.3, 0.4) is 0 Å². The van der Waals surface area contributed by atoms with Crippen molar-refractivity contribution in [2.45, 2.75) is 24.7 Å². The molecule has 13 rings (SSSR count). The molecular weight excluding hydrogens is 783 g/mol. The number of rotatable bonds is 6. The van der Waals surface area contributed by atoms with Crippen LogP contribution in [0.2, 0.25) is 0 Å². The quantitative estimate of drug-likeness (QED) is 0.161. The Morgan fingerprint density at radius 3 is 1.18 bits per heavy atom. The zero-order valence-electron chi connectivity index (χ0n) is 36.5. The lowest BCUT2D eigenvalue weighted by Crippen LogP contribution is -2.26. The minimum absolute atomic E-state index is 0.138. The largest absolute Gasteiger partial charge is 0.310 e. The molecule has 0 N–H and O–H groups in total. The van der Waals surface area contributed by atoms with Crippen LogP contribution < -0.4 is 4.90 Å². The van der Waals surface area contributed by atoms with E-state index in [0.717, 1.165) is 17.1 Å². The molecule has 0 heterocycles. The molecule has 1 spiro atoms. The summed E-state index contributed by atoms with van der Waals surface area (Å²) in [5.41, 5.74) is 26.1. The van der Waals surface area contributed by atoms with Crippen LogP contribution in [-0.2, 0) is 10.8 Å². The monoisotopic (exact) mass is 827 g/mol. The van der Waals surface area contributed by atoms with Crippen molar-refractivity contribution < 1.29 is 0 Å². The summed E-state index contributed by atoms with van der Waals surface area (Å²) < 4.78 is 0. The van der Waals surface area contributed by atoms with Gasteiger partial charge in [0, 0.05) is 22.5 Å². The van der Waals surface area contributed by atoms with Crippen molar-refractivity contribution in [3.05, 3.63) is 270 Å². The molecule has 1 heteroatoms. The maximum Gasteiger partial charge on any atom is 0.0726 e. The molecule has 0 aliphatic heterocycles. The Morgan fingerprint density at radius 1 is 0.246 bits per heavy atom. The Morgan fingerprint density at radius 2 is 0.631 bits per heavy atom. The van der Waals surface area contributed by atoms with Gasteiger partial charge in [-0.25, -0.2) is 0 Å². The lowest BCUT2D eigenvalue weighted by atomic mass is 9.70. The molecule has 65 heavy (non-hydrogen) atoms. The Balaban J connectivity index is 0.995. The zero-order chi connectivity index (χ0) is 43.3. The number of nitrogens with zero attached hydrogens (tertiary/aromatic N) is 1. The molecule has 10 aromatic carbocycles. The van der Waals surface area contributed by atoms with Gasteiger partial charge < -0.3 is 4.90 Å². The third-order valence-electron chi connectivity index (χ3n) is 14.7. The van der Waals surface area contributed by atoms with E-state index in [1.807, 2.05) is 0 Å². The van der Waals surface area contributed by atoms with Crippen molar-refractivity contribution >= 4 is 17.1 Å². The SMILES string of the molecule is CC1(C)c2ccccc2-c2ccc(N(c3ccc(-c4ccc(-c5ccccc5)c(-c5ccccc5)c4)cc3)c3ccc4c(c3)C3(c5ccccc5-c5ccccc53)c3ccccc3-4)cc21. The van der Waals surface area contributed by atoms with Crippen molar-refractivity contribution in [3.63, 3.8) is 0 Å². The third-order valence-corrected chi connectivity index (χ3v) is 14.7. The number of fused-ring (bicyclic) bond motifs is 13. The molecule has 1 nitrogen and oxygen atoms in total. The van der Waals surface area contributed by atoms with Gasteiger partial charge in [-0.2, -0.15) is 0 Å². The van der Waals surface area contributed by atoms with E-state index in [4.69, 9.17) is 0 Å². The molecule has 0 bridgehead atoms. The van der Waals surface area contributed by atoms with E-state index >= 15 is 0 Å². The number of anilines is 3. The van der Waals surface area contributed by atoms with E-state index in [1.54, 1.807) is 0 Å². The average molecular weight is 828 g/mol. The van der Waals surface area contributed by atoms with Gasteiger partial charge in [0.1, 0.15) is 0 Å². The predicted molar refractivity (Wildman–Crippen MR) is 271 cm³/mol. The first kappa shape index (κ1) is 37.5. The molecular formula is C64H45N. The van der Waals surface area contributed by atoms with Crippen molar-refractivity contribution in [2.24, 2.45) is 0 Å². The summed E-state index contributed by atoms with van der Waals surface area (Å²) in [4.78, 5) is 2.49. The summed E-state index contributed by atoms with van der Waals surface area (Å²) >= 11 is 0. The lowest BCUT2D eigenvalue weighted by Gasteiger charge is -2.32. The molecule has 0 amide bonds. The Hall–Kier alpha value is -8.00. The van der Waals surface area contributed by atoms with Crippen LogP contribution in [0, 0.1) is 0 Å². The van der Waals surface area contributed by atoms with Gasteiger partial charge in [0.25, 0.3) is 0 Å². The number of benzene rings is 10. The molecule has 0 saturated carbocycles. The molecule has 0 unspecified atom stereocenters. The molecule has 3 aliphatic rings. The minimum atomic E-state index is -0.436. The fraction of sp³-hybridized carbons (Fsp3) is 0.0625. The fourth-order valence-electron chi connectivity index (χ4n) is 11.8. The van der Waals surface area contributed by atoms with Crippen LogP contribution in [-0.4, -0.2) is 0 Å². The molecule has 0 fully saturated rings. The van der Waals surface area contributed by atoms with Crippen molar-refractivity contribution in [1.82, 2.24) is 0 Å². The first-order valence-electron chi connectivity index (χ1n) is 22.8. The molecule has 306 valence electrons. The lowest BCUT2D eigenvalue weighted by molar-refractivity contribution is 0.660. The van der Waals surface area contributed by atoms with E-state index in [1.165, 1.54) is 100 Å². The Kier molecular flexibility index (Phi) is 8.24. The summed E-state index contributed by atoms with van der Waals surface area (Å²) in [6.07, 6.45) is 0. The summed E-state index contributed by atoms with van der Waals surface area (Å²) in [7, 11) is 0. The third kappa shape index (κ3) is 5.46. The predicted octanol–water partition coefficient (Wildman–Crippen LogP) is 16.8. The second-order valence-electron chi connectivity index (χ2n) is 18.4. The van der Waals surface area contributed by atoms with Gasteiger partial charge in [-0.1, -0.05) is 208 Å². The van der Waals surface area contributed by atoms with Crippen LogP contribution in [0.15, 0.2) is 237 Å². The summed E-state index contributed by atoms with van der Waals surface area (Å²) in [5, 5.41) is 0. The highest BCUT2D eigenvalue weighted by Gasteiger charge is 2.51. The topological polar surface area (TPSA) is 3.24 Å². The van der Waals surface area contributed by atoms with Crippen LogP contribution in [0.1, 0.15) is 47.2 Å². The second kappa shape index (κ2) is 14.3. The standard InChI is InChI=1S/C64H45N/c1-63(2)57-25-13-9-21-50(57)54-37-34-47(40-61(54)63)65(46-32-29-42(30-33-46)45-31-36-49(43-17-5-3-6-18-43)56(39-45)44-19-7-4-8-20-44)48-35-38-55-53-24-12-16-28-60(53)64(62(55)41-48)58-26-14-10-22-51(58)52-23-11-15-27-59(52)64/h3-41H,1-2H3. The van der Waals surface area contributed by atoms with Crippen molar-refractivity contribution in [1.29, 1.82) is 0 Å². The van der Waals surface area contributed by atoms with Crippen LogP contribution in [0.25, 0.3) is 66.8 Å². The maximum atomic E-state index is 2.50. The van der Waals surface area contributed by atoms with Crippen LogP contribution >= 0.6 is 0 Å². The Bertz CT molecular complexity index is 3440. The highest BCUT2D eigenvalue weighted by Crippen LogP contribution is 2.63. The van der Waals surface area contributed by atoms with E-state index in [9.17, 15) is 0 Å². The molecule has 3 aliphatic carbocycles. The highest BCUT2D eigenvalue weighted by molar-refractivity contribution is 5.97. The molecule has 10 aromatic rings. The van der Waals surface area contributed by atoms with E-state index < -0.39 is 5.41 Å². The van der Waals surface area contributed by atoms with E-state index in [-0.39, 0.29) is 5.41 Å². The van der Waals surface area contributed by atoms with Gasteiger partial charge >= 0.3 is 0 Å². The smallest absolute Gasteiger partial charge is 0.0726 e. The maximum absolute atomic E-state index is 2.50. The van der Waals surface area contributed by atoms with Crippen LogP contribution in [0.4, 0.5) is 17.1 Å². The molecule has 0 saturated heterocycles.